The lowest BCUT2D eigenvalue weighted by Crippen LogP contribution is -2.14. The number of carbonyl (C=O) groups excluding carboxylic acids is 1. The van der Waals surface area contributed by atoms with Crippen molar-refractivity contribution in [3.8, 4) is 0 Å². The maximum atomic E-state index is 11.6. The lowest BCUT2D eigenvalue weighted by molar-refractivity contribution is -0.139. The smallest absolute Gasteiger partial charge is 0.318 e. The zero-order valence-corrected chi connectivity index (χ0v) is 13.5. The molecule has 0 aliphatic heterocycles. The summed E-state index contributed by atoms with van der Waals surface area (Å²) < 4.78 is 6.46. The summed E-state index contributed by atoms with van der Waals surface area (Å²) in [5, 5.41) is 8.57. The fourth-order valence-corrected chi connectivity index (χ4v) is 2.98. The maximum Gasteiger partial charge on any atom is 0.318 e. The van der Waals surface area contributed by atoms with Crippen LogP contribution in [0, 0.1) is 0 Å². The summed E-state index contributed by atoms with van der Waals surface area (Å²) in [5.74, 6) is -0.307. The quantitative estimate of drug-likeness (QED) is 0.402. The van der Waals surface area contributed by atoms with Gasteiger partial charge in [-0.3, -0.25) is 4.79 Å². The van der Waals surface area contributed by atoms with E-state index in [2.05, 4.69) is 20.3 Å². The van der Waals surface area contributed by atoms with Gasteiger partial charge in [0.15, 0.2) is 11.2 Å². The van der Waals surface area contributed by atoms with Crippen LogP contribution in [-0.2, 0) is 16.1 Å². The Balaban J connectivity index is 1.90. The van der Waals surface area contributed by atoms with Gasteiger partial charge in [0.2, 0.25) is 0 Å². The molecule has 0 aliphatic rings. The highest BCUT2D eigenvalue weighted by Gasteiger charge is 2.19. The Kier molecular flexibility index (Phi) is 4.52. The lowest BCUT2D eigenvalue weighted by Gasteiger charge is -2.07. The highest BCUT2D eigenvalue weighted by Crippen LogP contribution is 2.27. The number of rotatable bonds is 5. The number of ether oxygens (including phenoxy) is 1. The topological polar surface area (TPSA) is 82.8 Å². The summed E-state index contributed by atoms with van der Waals surface area (Å²) in [6.07, 6.45) is 1.46. The zero-order chi connectivity index (χ0) is 16.2. The number of hydrogen-bond acceptors (Lipinski definition) is 7. The minimum absolute atomic E-state index is 0.307. The van der Waals surface area contributed by atoms with Crippen LogP contribution >= 0.6 is 11.8 Å². The molecule has 0 radical (unpaired) electrons. The lowest BCUT2D eigenvalue weighted by atomic mass is 10.2. The number of thioether (sulfide) groups is 1. The molecule has 8 heteroatoms. The first kappa shape index (κ1) is 15.4. The van der Waals surface area contributed by atoms with Gasteiger partial charge in [-0.2, -0.15) is 0 Å². The van der Waals surface area contributed by atoms with E-state index in [1.54, 1.807) is 11.6 Å². The standard InChI is InChI=1S/C15H15N5O2S/c1-10(15(21)22-2)23-14-12-13(16-9-17-14)20(19-18-12)8-11-6-4-3-5-7-11/h3-7,9-10H,8H2,1-2H3/t10-/m1/s1. The Bertz CT molecular complexity index is 821. The van der Waals surface area contributed by atoms with E-state index in [-0.39, 0.29) is 11.2 Å². The summed E-state index contributed by atoms with van der Waals surface area (Å²) in [6, 6.07) is 9.95. The molecule has 3 rings (SSSR count). The summed E-state index contributed by atoms with van der Waals surface area (Å²) in [5.41, 5.74) is 2.34. The Morgan fingerprint density at radius 3 is 2.83 bits per heavy atom. The predicted molar refractivity (Wildman–Crippen MR) is 86.0 cm³/mol. The zero-order valence-electron chi connectivity index (χ0n) is 12.7. The molecule has 23 heavy (non-hydrogen) atoms. The normalized spacial score (nSPS) is 12.3. The van der Waals surface area contributed by atoms with E-state index in [1.807, 2.05) is 30.3 Å². The maximum absolute atomic E-state index is 11.6. The summed E-state index contributed by atoms with van der Waals surface area (Å²) in [6.45, 7) is 2.34. The molecule has 2 heterocycles. The van der Waals surface area contributed by atoms with Crippen molar-refractivity contribution in [2.24, 2.45) is 0 Å². The van der Waals surface area contributed by atoms with Crippen molar-refractivity contribution in [2.75, 3.05) is 7.11 Å². The van der Waals surface area contributed by atoms with Gasteiger partial charge < -0.3 is 4.74 Å². The molecule has 0 saturated carbocycles. The van der Waals surface area contributed by atoms with Gasteiger partial charge in [-0.05, 0) is 12.5 Å². The first-order valence-electron chi connectivity index (χ1n) is 7.01. The monoisotopic (exact) mass is 329 g/mol. The highest BCUT2D eigenvalue weighted by molar-refractivity contribution is 8.00. The number of benzene rings is 1. The van der Waals surface area contributed by atoms with Crippen LogP contribution in [0.15, 0.2) is 41.7 Å². The van der Waals surface area contributed by atoms with Crippen LogP contribution in [0.1, 0.15) is 12.5 Å². The van der Waals surface area contributed by atoms with Crippen LogP contribution in [0.4, 0.5) is 0 Å². The van der Waals surface area contributed by atoms with Gasteiger partial charge >= 0.3 is 5.97 Å². The van der Waals surface area contributed by atoms with E-state index in [4.69, 9.17) is 4.74 Å². The third-order valence-electron chi connectivity index (χ3n) is 3.26. The van der Waals surface area contributed by atoms with E-state index in [1.165, 1.54) is 25.2 Å². The molecule has 1 aromatic carbocycles. The fourth-order valence-electron chi connectivity index (χ4n) is 2.10. The summed E-state index contributed by atoms with van der Waals surface area (Å²) >= 11 is 1.28. The van der Waals surface area contributed by atoms with Crippen LogP contribution in [0.25, 0.3) is 11.2 Å². The first-order valence-corrected chi connectivity index (χ1v) is 7.89. The summed E-state index contributed by atoms with van der Waals surface area (Å²) in [7, 11) is 1.37. The van der Waals surface area contributed by atoms with Crippen LogP contribution < -0.4 is 0 Å². The molecule has 3 aromatic rings. The molecular weight excluding hydrogens is 314 g/mol. The number of fused-ring (bicyclic) bond motifs is 1. The number of hydrogen-bond donors (Lipinski definition) is 0. The van der Waals surface area contributed by atoms with E-state index in [9.17, 15) is 4.79 Å². The minimum atomic E-state index is -0.377. The second-order valence-electron chi connectivity index (χ2n) is 4.87. The molecule has 7 nitrogen and oxygen atoms in total. The fraction of sp³-hybridized carbons (Fsp3) is 0.267. The number of aromatic nitrogens is 5. The van der Waals surface area contributed by atoms with Gasteiger partial charge in [0, 0.05) is 0 Å². The van der Waals surface area contributed by atoms with Crippen molar-refractivity contribution in [2.45, 2.75) is 23.7 Å². The van der Waals surface area contributed by atoms with Gasteiger partial charge in [0.1, 0.15) is 16.6 Å². The third-order valence-corrected chi connectivity index (χ3v) is 4.33. The minimum Gasteiger partial charge on any atom is -0.468 e. The number of methoxy groups -OCH3 is 1. The van der Waals surface area contributed by atoms with E-state index in [0.717, 1.165) is 5.56 Å². The first-order chi connectivity index (χ1) is 11.2. The molecule has 0 aliphatic carbocycles. The molecule has 1 atom stereocenters. The van der Waals surface area contributed by atoms with E-state index in [0.29, 0.717) is 22.7 Å². The Morgan fingerprint density at radius 2 is 2.09 bits per heavy atom. The molecule has 2 aromatic heterocycles. The number of esters is 1. The molecule has 0 amide bonds. The average Bonchev–Trinajstić information content (AvgIpc) is 2.99. The molecular formula is C15H15N5O2S. The molecule has 118 valence electrons. The molecule has 0 fully saturated rings. The van der Waals surface area contributed by atoms with Crippen molar-refractivity contribution in [3.05, 3.63) is 42.2 Å². The number of carbonyl (C=O) groups is 1. The molecule has 0 N–H and O–H groups in total. The predicted octanol–water partition coefficient (Wildman–Crippen LogP) is 1.92. The average molecular weight is 329 g/mol. The van der Waals surface area contributed by atoms with Gasteiger partial charge in [-0.15, -0.1) is 5.10 Å². The van der Waals surface area contributed by atoms with Crippen molar-refractivity contribution >= 4 is 28.9 Å². The van der Waals surface area contributed by atoms with Gasteiger partial charge in [0.25, 0.3) is 0 Å². The second kappa shape index (κ2) is 6.74. The van der Waals surface area contributed by atoms with Crippen molar-refractivity contribution in [1.82, 2.24) is 25.0 Å². The van der Waals surface area contributed by atoms with Gasteiger partial charge in [-0.1, -0.05) is 47.3 Å². The van der Waals surface area contributed by atoms with Crippen molar-refractivity contribution in [1.29, 1.82) is 0 Å². The van der Waals surface area contributed by atoms with Gasteiger partial charge in [0.05, 0.1) is 13.7 Å². The highest BCUT2D eigenvalue weighted by atomic mass is 32.2. The Hall–Kier alpha value is -2.48. The van der Waals surface area contributed by atoms with Crippen LogP contribution in [0.5, 0.6) is 0 Å². The second-order valence-corrected chi connectivity index (χ2v) is 6.20. The van der Waals surface area contributed by atoms with Crippen molar-refractivity contribution in [3.63, 3.8) is 0 Å². The van der Waals surface area contributed by atoms with Gasteiger partial charge in [-0.25, -0.2) is 14.6 Å². The molecule has 0 bridgehead atoms. The third kappa shape index (κ3) is 3.31. The Morgan fingerprint density at radius 1 is 1.30 bits per heavy atom. The molecule has 0 spiro atoms. The van der Waals surface area contributed by atoms with Crippen LogP contribution in [0.2, 0.25) is 0 Å². The van der Waals surface area contributed by atoms with Crippen LogP contribution in [0.3, 0.4) is 0 Å². The molecule has 0 saturated heterocycles. The van der Waals surface area contributed by atoms with E-state index >= 15 is 0 Å². The van der Waals surface area contributed by atoms with Crippen molar-refractivity contribution < 1.29 is 9.53 Å². The molecule has 0 unspecified atom stereocenters. The number of nitrogens with zero attached hydrogens (tertiary/aromatic N) is 5. The summed E-state index contributed by atoms with van der Waals surface area (Å²) in [4.78, 5) is 20.1. The SMILES string of the molecule is COC(=O)[C@@H](C)Sc1ncnc2c1nnn2Cc1ccccc1. The Labute approximate surface area is 137 Å². The van der Waals surface area contributed by atoms with Crippen LogP contribution in [-0.4, -0.2) is 43.3 Å². The van der Waals surface area contributed by atoms with E-state index < -0.39 is 0 Å². The largest absolute Gasteiger partial charge is 0.468 e.